The Morgan fingerprint density at radius 2 is 1.82 bits per heavy atom. The maximum atomic E-state index is 12.3. The Morgan fingerprint density at radius 1 is 1.23 bits per heavy atom. The minimum atomic E-state index is -0.315. The molecule has 0 saturated carbocycles. The Balaban J connectivity index is 2.48. The average Bonchev–Trinajstić information content (AvgIpc) is 2.57. The number of likely N-dealkylation sites (tertiary alicyclic amines) is 1. The van der Waals surface area contributed by atoms with Gasteiger partial charge in [-0.1, -0.05) is 41.5 Å². The van der Waals surface area contributed by atoms with Crippen LogP contribution in [0.25, 0.3) is 0 Å². The molecule has 1 aliphatic rings. The predicted octanol–water partition coefficient (Wildman–Crippen LogP) is 2.20. The molecule has 0 spiro atoms. The Morgan fingerprint density at radius 3 is 2.32 bits per heavy atom. The van der Waals surface area contributed by atoms with Gasteiger partial charge in [0.25, 0.3) is 0 Å². The molecule has 1 aliphatic heterocycles. The fraction of sp³-hybridized carbons (Fsp3) is 0.812. The van der Waals surface area contributed by atoms with E-state index < -0.39 is 0 Å². The van der Waals surface area contributed by atoms with Crippen LogP contribution in [0.3, 0.4) is 0 Å². The number of hydrogen-bond donors (Lipinski definition) is 1. The highest BCUT2D eigenvalue weighted by molar-refractivity contribution is 8.01. The Labute approximate surface area is 137 Å². The number of nitrogens with zero attached hydrogens (tertiary/aromatic N) is 1. The average molecular weight is 328 g/mol. The normalized spacial score (nSPS) is 19.7. The highest BCUT2D eigenvalue weighted by Crippen LogP contribution is 2.34. The van der Waals surface area contributed by atoms with Gasteiger partial charge in [-0.05, 0) is 5.41 Å². The minimum Gasteiger partial charge on any atom is -0.356 e. The number of carbonyl (C=O) groups excluding carboxylic acids is 3. The summed E-state index contributed by atoms with van der Waals surface area (Å²) in [6.07, 6.45) is 0.408. The summed E-state index contributed by atoms with van der Waals surface area (Å²) >= 11 is 1.52. The van der Waals surface area contributed by atoms with Gasteiger partial charge in [0.15, 0.2) is 0 Å². The van der Waals surface area contributed by atoms with Crippen LogP contribution in [0.1, 0.15) is 54.4 Å². The van der Waals surface area contributed by atoms with Gasteiger partial charge in [-0.15, -0.1) is 11.8 Å². The molecule has 1 atom stereocenters. The van der Waals surface area contributed by atoms with E-state index in [0.29, 0.717) is 6.54 Å². The first-order valence-electron chi connectivity index (χ1n) is 7.68. The first-order valence-corrected chi connectivity index (χ1v) is 8.56. The molecule has 0 bridgehead atoms. The van der Waals surface area contributed by atoms with Crippen molar-refractivity contribution in [2.75, 3.05) is 13.1 Å². The van der Waals surface area contributed by atoms with E-state index in [-0.39, 0.29) is 52.5 Å². The molecule has 0 aromatic rings. The van der Waals surface area contributed by atoms with Gasteiger partial charge in [-0.2, -0.15) is 0 Å². The number of carbonyl (C=O) groups is 3. The molecule has 3 amide bonds. The number of thioether (sulfide) groups is 1. The largest absolute Gasteiger partial charge is 0.356 e. The number of imide groups is 1. The maximum absolute atomic E-state index is 12.3. The lowest BCUT2D eigenvalue weighted by atomic mass is 9.97. The van der Waals surface area contributed by atoms with E-state index in [0.717, 1.165) is 0 Å². The number of amides is 3. The summed E-state index contributed by atoms with van der Waals surface area (Å²) < 4.78 is -0.0687. The lowest BCUT2D eigenvalue weighted by molar-refractivity contribution is -0.138. The Bertz CT molecular complexity index is 449. The molecule has 1 N–H and O–H groups in total. The molecule has 126 valence electrons. The van der Waals surface area contributed by atoms with Crippen LogP contribution in [0, 0.1) is 5.41 Å². The number of hydrogen-bond acceptors (Lipinski definition) is 4. The fourth-order valence-electron chi connectivity index (χ4n) is 2.07. The molecule has 0 radical (unpaired) electrons. The van der Waals surface area contributed by atoms with E-state index >= 15 is 0 Å². The van der Waals surface area contributed by atoms with Crippen molar-refractivity contribution >= 4 is 29.5 Å². The molecular weight excluding hydrogens is 300 g/mol. The van der Waals surface area contributed by atoms with E-state index in [1.165, 1.54) is 16.7 Å². The lowest BCUT2D eigenvalue weighted by Gasteiger charge is -2.22. The quantitative estimate of drug-likeness (QED) is 0.786. The van der Waals surface area contributed by atoms with E-state index in [1.807, 2.05) is 41.5 Å². The molecule has 1 rings (SSSR count). The highest BCUT2D eigenvalue weighted by atomic mass is 32.2. The van der Waals surface area contributed by atoms with E-state index in [4.69, 9.17) is 0 Å². The van der Waals surface area contributed by atoms with Crippen LogP contribution in [0.5, 0.6) is 0 Å². The first-order chi connectivity index (χ1) is 9.89. The number of rotatable bonds is 5. The molecule has 1 fully saturated rings. The molecule has 22 heavy (non-hydrogen) atoms. The maximum Gasteiger partial charge on any atom is 0.242 e. The summed E-state index contributed by atoms with van der Waals surface area (Å²) in [5, 5.41) is 2.52. The van der Waals surface area contributed by atoms with Crippen LogP contribution in [-0.4, -0.2) is 45.7 Å². The Kier molecular flexibility index (Phi) is 6.07. The zero-order chi connectivity index (χ0) is 17.1. The molecular formula is C16H28N2O3S. The van der Waals surface area contributed by atoms with Crippen LogP contribution in [-0.2, 0) is 14.4 Å². The summed E-state index contributed by atoms with van der Waals surface area (Å²) in [7, 11) is 0. The summed E-state index contributed by atoms with van der Waals surface area (Å²) in [5.74, 6) is -0.452. The van der Waals surface area contributed by atoms with Crippen LogP contribution in [0.2, 0.25) is 0 Å². The van der Waals surface area contributed by atoms with Gasteiger partial charge in [-0.25, -0.2) is 0 Å². The van der Waals surface area contributed by atoms with Crippen LogP contribution < -0.4 is 5.32 Å². The van der Waals surface area contributed by atoms with Crippen molar-refractivity contribution in [2.45, 2.75) is 64.4 Å². The van der Waals surface area contributed by atoms with Crippen molar-refractivity contribution in [3.63, 3.8) is 0 Å². The molecule has 0 aromatic heterocycles. The van der Waals surface area contributed by atoms with Crippen LogP contribution in [0.15, 0.2) is 0 Å². The monoisotopic (exact) mass is 328 g/mol. The van der Waals surface area contributed by atoms with Crippen LogP contribution in [0.4, 0.5) is 0 Å². The summed E-state index contributed by atoms with van der Waals surface area (Å²) in [6, 6.07) is 0. The first kappa shape index (κ1) is 19.0. The van der Waals surface area contributed by atoms with E-state index in [9.17, 15) is 14.4 Å². The zero-order valence-electron chi connectivity index (χ0n) is 14.5. The Hall–Kier alpha value is -1.04. The molecule has 6 heteroatoms. The van der Waals surface area contributed by atoms with Crippen molar-refractivity contribution in [3.8, 4) is 0 Å². The smallest absolute Gasteiger partial charge is 0.242 e. The van der Waals surface area contributed by atoms with Gasteiger partial charge in [0.05, 0.1) is 5.25 Å². The summed E-state index contributed by atoms with van der Waals surface area (Å²) in [4.78, 5) is 37.3. The van der Waals surface area contributed by atoms with Crippen molar-refractivity contribution in [1.29, 1.82) is 0 Å². The third-order valence-corrected chi connectivity index (χ3v) is 4.44. The third kappa shape index (κ3) is 6.38. The van der Waals surface area contributed by atoms with Gasteiger partial charge in [-0.3, -0.25) is 19.3 Å². The third-order valence-electron chi connectivity index (χ3n) is 3.08. The van der Waals surface area contributed by atoms with Crippen molar-refractivity contribution in [1.82, 2.24) is 10.2 Å². The second-order valence-corrected chi connectivity index (χ2v) is 9.92. The van der Waals surface area contributed by atoms with Crippen molar-refractivity contribution in [3.05, 3.63) is 0 Å². The topological polar surface area (TPSA) is 66.5 Å². The second kappa shape index (κ2) is 7.02. The van der Waals surface area contributed by atoms with Crippen molar-refractivity contribution in [2.24, 2.45) is 5.41 Å². The standard InChI is InChI=1S/C16H28N2O3S/c1-15(2,3)10-17-12(19)7-8-18-13(20)9-11(14(18)21)22-16(4,5)6/h11H,7-10H2,1-6H3,(H,17,19). The van der Waals surface area contributed by atoms with Gasteiger partial charge in [0.2, 0.25) is 17.7 Å². The fourth-order valence-corrected chi connectivity index (χ4v) is 3.38. The van der Waals surface area contributed by atoms with Gasteiger partial charge in [0, 0.05) is 30.7 Å². The summed E-state index contributed by atoms with van der Waals surface area (Å²) in [5.41, 5.74) is 0.0172. The van der Waals surface area contributed by atoms with Gasteiger partial charge >= 0.3 is 0 Å². The molecule has 0 aliphatic carbocycles. The molecule has 5 nitrogen and oxygen atoms in total. The lowest BCUT2D eigenvalue weighted by Crippen LogP contribution is -2.37. The summed E-state index contributed by atoms with van der Waals surface area (Å²) in [6.45, 7) is 12.9. The molecule has 1 unspecified atom stereocenters. The molecule has 0 aromatic carbocycles. The number of nitrogens with one attached hydrogen (secondary N) is 1. The van der Waals surface area contributed by atoms with Crippen LogP contribution >= 0.6 is 11.8 Å². The van der Waals surface area contributed by atoms with Gasteiger partial charge in [0.1, 0.15) is 0 Å². The SMILES string of the molecule is CC(C)(C)CNC(=O)CCN1C(=O)CC(SC(C)(C)C)C1=O. The van der Waals surface area contributed by atoms with Crippen molar-refractivity contribution < 1.29 is 14.4 Å². The minimum absolute atomic E-state index is 0.0172. The highest BCUT2D eigenvalue weighted by Gasteiger charge is 2.40. The molecule has 1 heterocycles. The van der Waals surface area contributed by atoms with Gasteiger partial charge < -0.3 is 5.32 Å². The second-order valence-electron chi connectivity index (χ2n) is 7.89. The van der Waals surface area contributed by atoms with E-state index in [1.54, 1.807) is 0 Å². The predicted molar refractivity (Wildman–Crippen MR) is 89.6 cm³/mol. The molecule has 1 saturated heterocycles. The zero-order valence-corrected chi connectivity index (χ0v) is 15.3. The van der Waals surface area contributed by atoms with E-state index in [2.05, 4.69) is 5.32 Å².